The van der Waals surface area contributed by atoms with Gasteiger partial charge in [-0.25, -0.2) is 0 Å². The van der Waals surface area contributed by atoms with Crippen molar-refractivity contribution in [2.75, 3.05) is 44.2 Å². The van der Waals surface area contributed by atoms with Crippen LogP contribution in [0, 0.1) is 0 Å². The molecule has 1 atom stereocenters. The van der Waals surface area contributed by atoms with E-state index in [1.807, 2.05) is 25.7 Å². The first kappa shape index (κ1) is 21.0. The van der Waals surface area contributed by atoms with Crippen molar-refractivity contribution in [3.05, 3.63) is 29.8 Å². The van der Waals surface area contributed by atoms with Gasteiger partial charge in [-0.3, -0.25) is 4.90 Å². The van der Waals surface area contributed by atoms with E-state index in [0.717, 1.165) is 12.5 Å². The number of alkyl halides is 3. The molecular weight excluding hydrogens is 345 g/mol. The van der Waals surface area contributed by atoms with Crippen LogP contribution in [0.15, 0.2) is 24.3 Å². The Bertz CT molecular complexity index is 570. The third-order valence-electron chi connectivity index (χ3n) is 4.90. The molecule has 1 saturated heterocycles. The fourth-order valence-corrected chi connectivity index (χ4v) is 2.84. The average molecular weight is 374 g/mol. The van der Waals surface area contributed by atoms with Gasteiger partial charge < -0.3 is 14.7 Å². The number of β-amino-alcohol motifs (C(OH)–C–C–N with tert-alkyl or cyclic N) is 1. The second-order valence-electron chi connectivity index (χ2n) is 7.41. The van der Waals surface area contributed by atoms with Crippen molar-refractivity contribution in [3.8, 4) is 0 Å². The van der Waals surface area contributed by atoms with Crippen LogP contribution in [0.4, 0.5) is 18.9 Å². The minimum absolute atomic E-state index is 0.247. The zero-order valence-electron chi connectivity index (χ0n) is 15.7. The first-order chi connectivity index (χ1) is 12.1. The zero-order valence-corrected chi connectivity index (χ0v) is 15.7. The van der Waals surface area contributed by atoms with Crippen molar-refractivity contribution < 1.29 is 23.0 Å². The second kappa shape index (κ2) is 8.59. The summed E-state index contributed by atoms with van der Waals surface area (Å²) in [4.78, 5) is 4.08. The van der Waals surface area contributed by atoms with Crippen LogP contribution in [0.2, 0.25) is 0 Å². The lowest BCUT2D eigenvalue weighted by Crippen LogP contribution is -2.49. The molecule has 7 heteroatoms. The molecule has 0 aliphatic carbocycles. The first-order valence-electron chi connectivity index (χ1n) is 9.07. The molecule has 0 aromatic heterocycles. The Labute approximate surface area is 153 Å². The SMILES string of the molecule is CCC(C)(C)OC[C@H](O)CN1CCN(c2cccc(C(F)(F)F)c2)CC1. The van der Waals surface area contributed by atoms with Crippen LogP contribution in [0.25, 0.3) is 0 Å². The molecule has 1 N–H and O–H groups in total. The molecule has 1 aliphatic heterocycles. The molecule has 26 heavy (non-hydrogen) atoms. The van der Waals surface area contributed by atoms with E-state index in [1.165, 1.54) is 12.1 Å². The standard InChI is InChI=1S/C19H29F3N2O2/c1-4-18(2,3)26-14-17(25)13-23-8-10-24(11-9-23)16-7-5-6-15(12-16)19(20,21)22/h5-7,12,17,25H,4,8-11,13-14H2,1-3H3/t17-/m1/s1. The van der Waals surface area contributed by atoms with Gasteiger partial charge in [-0.05, 0) is 38.5 Å². The normalized spacial score (nSPS) is 18.2. The number of benzene rings is 1. The van der Waals surface area contributed by atoms with Crippen molar-refractivity contribution in [1.29, 1.82) is 0 Å². The number of nitrogens with zero attached hydrogens (tertiary/aromatic N) is 2. The predicted molar refractivity (Wildman–Crippen MR) is 96.4 cm³/mol. The van der Waals surface area contributed by atoms with Crippen LogP contribution in [0.5, 0.6) is 0 Å². The number of hydrogen-bond acceptors (Lipinski definition) is 4. The summed E-state index contributed by atoms with van der Waals surface area (Å²) in [5.74, 6) is 0. The molecule has 0 amide bonds. The Morgan fingerprint density at radius 3 is 2.38 bits per heavy atom. The van der Waals surface area contributed by atoms with Gasteiger partial charge in [0, 0.05) is 38.4 Å². The lowest BCUT2D eigenvalue weighted by Gasteiger charge is -2.37. The van der Waals surface area contributed by atoms with Crippen LogP contribution in [-0.2, 0) is 10.9 Å². The van der Waals surface area contributed by atoms with Gasteiger partial charge in [-0.1, -0.05) is 13.0 Å². The third kappa shape index (κ3) is 6.14. The van der Waals surface area contributed by atoms with E-state index in [4.69, 9.17) is 4.74 Å². The van der Waals surface area contributed by atoms with E-state index >= 15 is 0 Å². The summed E-state index contributed by atoms with van der Waals surface area (Å²) < 4.78 is 44.3. The number of aliphatic hydroxyl groups is 1. The van der Waals surface area contributed by atoms with Crippen molar-refractivity contribution in [2.45, 2.75) is 45.1 Å². The van der Waals surface area contributed by atoms with Crippen LogP contribution in [-0.4, -0.2) is 61.0 Å². The number of hydrogen-bond donors (Lipinski definition) is 1. The maximum Gasteiger partial charge on any atom is 0.416 e. The average Bonchev–Trinajstić information content (AvgIpc) is 2.60. The van der Waals surface area contributed by atoms with Gasteiger partial charge in [0.2, 0.25) is 0 Å². The quantitative estimate of drug-likeness (QED) is 0.794. The molecule has 148 valence electrons. The third-order valence-corrected chi connectivity index (χ3v) is 4.90. The molecule has 0 unspecified atom stereocenters. The maximum atomic E-state index is 12.9. The molecule has 0 spiro atoms. The Kier molecular flexibility index (Phi) is 6.93. The lowest BCUT2D eigenvalue weighted by molar-refractivity contribution is -0.137. The van der Waals surface area contributed by atoms with E-state index in [-0.39, 0.29) is 12.2 Å². The van der Waals surface area contributed by atoms with Crippen LogP contribution in [0.1, 0.15) is 32.8 Å². The monoisotopic (exact) mass is 374 g/mol. The van der Waals surface area contributed by atoms with E-state index in [1.54, 1.807) is 6.07 Å². The van der Waals surface area contributed by atoms with Gasteiger partial charge in [0.1, 0.15) is 0 Å². The van der Waals surface area contributed by atoms with Gasteiger partial charge in [-0.2, -0.15) is 13.2 Å². The maximum absolute atomic E-state index is 12.9. The summed E-state index contributed by atoms with van der Waals surface area (Å²) in [7, 11) is 0. The Morgan fingerprint density at radius 2 is 1.81 bits per heavy atom. The molecule has 0 bridgehead atoms. The fourth-order valence-electron chi connectivity index (χ4n) is 2.84. The van der Waals surface area contributed by atoms with E-state index in [9.17, 15) is 18.3 Å². The summed E-state index contributed by atoms with van der Waals surface area (Å²) in [6, 6.07) is 5.45. The lowest BCUT2D eigenvalue weighted by atomic mass is 10.1. The molecule has 1 heterocycles. The Hall–Kier alpha value is -1.31. The van der Waals surface area contributed by atoms with E-state index in [2.05, 4.69) is 4.90 Å². The van der Waals surface area contributed by atoms with Crippen LogP contribution in [0.3, 0.4) is 0 Å². The van der Waals surface area contributed by atoms with E-state index < -0.39 is 17.8 Å². The highest BCUT2D eigenvalue weighted by atomic mass is 19.4. The summed E-state index contributed by atoms with van der Waals surface area (Å²) >= 11 is 0. The fraction of sp³-hybridized carbons (Fsp3) is 0.684. The largest absolute Gasteiger partial charge is 0.416 e. The molecule has 0 saturated carbocycles. The zero-order chi connectivity index (χ0) is 19.4. The molecule has 4 nitrogen and oxygen atoms in total. The number of anilines is 1. The summed E-state index contributed by atoms with van der Waals surface area (Å²) in [6.45, 7) is 9.49. The molecule has 1 aromatic carbocycles. The molecule has 1 aromatic rings. The van der Waals surface area contributed by atoms with Gasteiger partial charge in [0.15, 0.2) is 0 Å². The van der Waals surface area contributed by atoms with Crippen LogP contribution >= 0.6 is 0 Å². The Balaban J connectivity index is 1.82. The minimum atomic E-state index is -4.33. The highest BCUT2D eigenvalue weighted by Gasteiger charge is 2.31. The van der Waals surface area contributed by atoms with Crippen molar-refractivity contribution in [1.82, 2.24) is 4.90 Å². The molecule has 0 radical (unpaired) electrons. The smallest absolute Gasteiger partial charge is 0.389 e. The topological polar surface area (TPSA) is 35.9 Å². The number of aliphatic hydroxyl groups excluding tert-OH is 1. The number of piperazine rings is 1. The minimum Gasteiger partial charge on any atom is -0.389 e. The van der Waals surface area contributed by atoms with Gasteiger partial charge in [0.25, 0.3) is 0 Å². The van der Waals surface area contributed by atoms with Crippen LogP contribution < -0.4 is 4.90 Å². The first-order valence-corrected chi connectivity index (χ1v) is 9.07. The second-order valence-corrected chi connectivity index (χ2v) is 7.41. The number of halogens is 3. The highest BCUT2D eigenvalue weighted by Crippen LogP contribution is 2.31. The number of rotatable bonds is 7. The predicted octanol–water partition coefficient (Wildman–Crippen LogP) is 3.39. The molecule has 1 fully saturated rings. The Morgan fingerprint density at radius 1 is 1.15 bits per heavy atom. The van der Waals surface area contributed by atoms with Gasteiger partial charge in [-0.15, -0.1) is 0 Å². The van der Waals surface area contributed by atoms with Crippen molar-refractivity contribution >= 4 is 5.69 Å². The molecular formula is C19H29F3N2O2. The van der Waals surface area contributed by atoms with Crippen molar-refractivity contribution in [2.24, 2.45) is 0 Å². The highest BCUT2D eigenvalue weighted by molar-refractivity contribution is 5.49. The van der Waals surface area contributed by atoms with Gasteiger partial charge in [0.05, 0.1) is 23.9 Å². The summed E-state index contributed by atoms with van der Waals surface area (Å²) in [5.41, 5.74) is -0.278. The van der Waals surface area contributed by atoms with E-state index in [0.29, 0.717) is 38.4 Å². The van der Waals surface area contributed by atoms with Crippen molar-refractivity contribution in [3.63, 3.8) is 0 Å². The summed E-state index contributed by atoms with van der Waals surface area (Å²) in [5, 5.41) is 10.2. The van der Waals surface area contributed by atoms with Gasteiger partial charge >= 0.3 is 6.18 Å². The molecule has 1 aliphatic rings. The number of ether oxygens (including phenoxy) is 1. The summed E-state index contributed by atoms with van der Waals surface area (Å²) in [6.07, 6.45) is -4.02. The molecule has 2 rings (SSSR count).